The standard InChI is InChI=1S/C13H28N4O2/c1-11(2)9-15-13(19)10-17(3)8-6-4-5-7-12(18)16-14/h11H,4-10,14H2,1-3H3,(H,15,19)(H,16,18). The Morgan fingerprint density at radius 1 is 1.16 bits per heavy atom. The van der Waals surface area contributed by atoms with Gasteiger partial charge in [0.15, 0.2) is 0 Å². The summed E-state index contributed by atoms with van der Waals surface area (Å²) >= 11 is 0. The predicted molar refractivity (Wildman–Crippen MR) is 76.1 cm³/mol. The number of nitrogens with two attached hydrogens (primary N) is 1. The van der Waals surface area contributed by atoms with E-state index in [1.807, 2.05) is 11.9 Å². The molecule has 0 radical (unpaired) electrons. The second-order valence-corrected chi connectivity index (χ2v) is 5.31. The van der Waals surface area contributed by atoms with Crippen LogP contribution in [-0.4, -0.2) is 43.4 Å². The first-order valence-electron chi connectivity index (χ1n) is 6.90. The van der Waals surface area contributed by atoms with Gasteiger partial charge in [0.1, 0.15) is 0 Å². The smallest absolute Gasteiger partial charge is 0.234 e. The van der Waals surface area contributed by atoms with Crippen LogP contribution < -0.4 is 16.6 Å². The Morgan fingerprint density at radius 3 is 2.42 bits per heavy atom. The minimum atomic E-state index is -0.124. The third kappa shape index (κ3) is 11.7. The number of carbonyl (C=O) groups is 2. The molecule has 0 aliphatic carbocycles. The van der Waals surface area contributed by atoms with E-state index in [9.17, 15) is 9.59 Å². The first-order chi connectivity index (χ1) is 8.95. The van der Waals surface area contributed by atoms with Crippen molar-refractivity contribution in [2.45, 2.75) is 39.5 Å². The van der Waals surface area contributed by atoms with Gasteiger partial charge in [0.25, 0.3) is 0 Å². The van der Waals surface area contributed by atoms with Gasteiger partial charge >= 0.3 is 0 Å². The van der Waals surface area contributed by atoms with Crippen molar-refractivity contribution in [3.8, 4) is 0 Å². The summed E-state index contributed by atoms with van der Waals surface area (Å²) in [5.74, 6) is 5.41. The minimum absolute atomic E-state index is 0.0682. The minimum Gasteiger partial charge on any atom is -0.355 e. The van der Waals surface area contributed by atoms with E-state index < -0.39 is 0 Å². The van der Waals surface area contributed by atoms with Gasteiger partial charge < -0.3 is 5.32 Å². The molecule has 0 heterocycles. The number of likely N-dealkylation sites (N-methyl/N-ethyl adjacent to an activating group) is 1. The lowest BCUT2D eigenvalue weighted by Crippen LogP contribution is -2.37. The summed E-state index contributed by atoms with van der Waals surface area (Å²) < 4.78 is 0. The van der Waals surface area contributed by atoms with Gasteiger partial charge in [-0.1, -0.05) is 20.3 Å². The number of unbranched alkanes of at least 4 members (excludes halogenated alkanes) is 2. The van der Waals surface area contributed by atoms with Crippen molar-refractivity contribution in [3.05, 3.63) is 0 Å². The van der Waals surface area contributed by atoms with Gasteiger partial charge in [-0.25, -0.2) is 5.84 Å². The van der Waals surface area contributed by atoms with E-state index in [0.717, 1.165) is 32.4 Å². The molecule has 2 amide bonds. The normalized spacial score (nSPS) is 10.8. The molecule has 112 valence electrons. The first kappa shape index (κ1) is 17.9. The lowest BCUT2D eigenvalue weighted by atomic mass is 10.2. The third-order valence-electron chi connectivity index (χ3n) is 2.73. The van der Waals surface area contributed by atoms with Gasteiger partial charge in [-0.15, -0.1) is 0 Å². The van der Waals surface area contributed by atoms with Gasteiger partial charge in [-0.2, -0.15) is 0 Å². The number of amides is 2. The Hall–Kier alpha value is -1.14. The Bertz CT molecular complexity index is 269. The molecule has 0 unspecified atom stereocenters. The third-order valence-corrected chi connectivity index (χ3v) is 2.73. The van der Waals surface area contributed by atoms with Gasteiger partial charge in [-0.05, 0) is 32.4 Å². The fourth-order valence-corrected chi connectivity index (χ4v) is 1.61. The molecule has 0 aromatic carbocycles. The average Bonchev–Trinajstić information content (AvgIpc) is 2.35. The fourth-order valence-electron chi connectivity index (χ4n) is 1.61. The van der Waals surface area contributed by atoms with Crippen LogP contribution in [0.15, 0.2) is 0 Å². The van der Waals surface area contributed by atoms with Crippen LogP contribution in [0, 0.1) is 5.92 Å². The van der Waals surface area contributed by atoms with Crippen molar-refractivity contribution in [2.24, 2.45) is 11.8 Å². The highest BCUT2D eigenvalue weighted by molar-refractivity contribution is 5.77. The summed E-state index contributed by atoms with van der Waals surface area (Å²) in [7, 11) is 1.93. The summed E-state index contributed by atoms with van der Waals surface area (Å²) in [4.78, 5) is 24.4. The zero-order valence-electron chi connectivity index (χ0n) is 12.4. The van der Waals surface area contributed by atoms with E-state index in [-0.39, 0.29) is 11.8 Å². The highest BCUT2D eigenvalue weighted by Gasteiger charge is 2.06. The highest BCUT2D eigenvalue weighted by Crippen LogP contribution is 2.00. The second kappa shape index (κ2) is 10.8. The van der Waals surface area contributed by atoms with Crippen LogP contribution in [-0.2, 0) is 9.59 Å². The molecule has 0 fully saturated rings. The molecule has 0 bridgehead atoms. The monoisotopic (exact) mass is 272 g/mol. The Balaban J connectivity index is 3.50. The average molecular weight is 272 g/mol. The van der Waals surface area contributed by atoms with Crippen LogP contribution in [0.3, 0.4) is 0 Å². The molecule has 0 spiro atoms. The first-order valence-corrected chi connectivity index (χ1v) is 6.90. The van der Waals surface area contributed by atoms with E-state index in [2.05, 4.69) is 24.6 Å². The fraction of sp³-hybridized carbons (Fsp3) is 0.846. The Morgan fingerprint density at radius 2 is 1.84 bits per heavy atom. The number of rotatable bonds is 10. The molecule has 0 aliphatic rings. The Labute approximate surface area is 116 Å². The van der Waals surface area contributed by atoms with E-state index in [1.54, 1.807) is 0 Å². The number of nitrogens with one attached hydrogen (secondary N) is 2. The van der Waals surface area contributed by atoms with Gasteiger partial charge in [0.2, 0.25) is 11.8 Å². The number of carbonyl (C=O) groups excluding carboxylic acids is 2. The molecule has 19 heavy (non-hydrogen) atoms. The zero-order chi connectivity index (χ0) is 14.7. The van der Waals surface area contributed by atoms with Crippen molar-refractivity contribution in [1.82, 2.24) is 15.6 Å². The summed E-state index contributed by atoms with van der Waals surface area (Å²) in [6, 6.07) is 0. The molecular weight excluding hydrogens is 244 g/mol. The molecule has 6 heteroatoms. The number of hydrogen-bond donors (Lipinski definition) is 3. The maximum Gasteiger partial charge on any atom is 0.234 e. The SMILES string of the molecule is CC(C)CNC(=O)CN(C)CCCCCC(=O)NN. The van der Waals surface area contributed by atoms with Gasteiger partial charge in [0.05, 0.1) is 6.54 Å². The van der Waals surface area contributed by atoms with Crippen molar-refractivity contribution < 1.29 is 9.59 Å². The molecule has 6 nitrogen and oxygen atoms in total. The molecule has 0 aliphatic heterocycles. The molecule has 0 aromatic heterocycles. The van der Waals surface area contributed by atoms with E-state index in [1.165, 1.54) is 0 Å². The maximum atomic E-state index is 11.6. The number of nitrogens with zero attached hydrogens (tertiary/aromatic N) is 1. The summed E-state index contributed by atoms with van der Waals surface area (Å²) in [5.41, 5.74) is 2.11. The Kier molecular flexibility index (Phi) is 10.1. The summed E-state index contributed by atoms with van der Waals surface area (Å²) in [6.07, 6.45) is 3.24. The molecule has 0 saturated heterocycles. The highest BCUT2D eigenvalue weighted by atomic mass is 16.2. The molecule has 0 rings (SSSR count). The predicted octanol–water partition coefficient (Wildman–Crippen LogP) is 0.241. The van der Waals surface area contributed by atoms with Crippen LogP contribution in [0.25, 0.3) is 0 Å². The van der Waals surface area contributed by atoms with Crippen LogP contribution >= 0.6 is 0 Å². The lowest BCUT2D eigenvalue weighted by molar-refractivity contribution is -0.122. The molecule has 4 N–H and O–H groups in total. The number of hydrazine groups is 1. The van der Waals surface area contributed by atoms with Crippen LogP contribution in [0.1, 0.15) is 39.5 Å². The van der Waals surface area contributed by atoms with Crippen molar-refractivity contribution >= 4 is 11.8 Å². The topological polar surface area (TPSA) is 87.5 Å². The van der Waals surface area contributed by atoms with Crippen LogP contribution in [0.5, 0.6) is 0 Å². The van der Waals surface area contributed by atoms with Crippen molar-refractivity contribution in [2.75, 3.05) is 26.7 Å². The second-order valence-electron chi connectivity index (χ2n) is 5.31. The van der Waals surface area contributed by atoms with E-state index >= 15 is 0 Å². The largest absolute Gasteiger partial charge is 0.355 e. The van der Waals surface area contributed by atoms with E-state index in [0.29, 0.717) is 18.9 Å². The van der Waals surface area contributed by atoms with Gasteiger partial charge in [0, 0.05) is 13.0 Å². The zero-order valence-corrected chi connectivity index (χ0v) is 12.4. The quantitative estimate of drug-likeness (QED) is 0.230. The van der Waals surface area contributed by atoms with E-state index in [4.69, 9.17) is 5.84 Å². The summed E-state index contributed by atoms with van der Waals surface area (Å²) in [5, 5.41) is 2.89. The molecular formula is C13H28N4O2. The van der Waals surface area contributed by atoms with Crippen molar-refractivity contribution in [1.29, 1.82) is 0 Å². The maximum absolute atomic E-state index is 11.6. The van der Waals surface area contributed by atoms with Crippen molar-refractivity contribution in [3.63, 3.8) is 0 Å². The lowest BCUT2D eigenvalue weighted by Gasteiger charge is -2.16. The molecule has 0 aromatic rings. The van der Waals surface area contributed by atoms with Gasteiger partial charge in [-0.3, -0.25) is 19.9 Å². The molecule has 0 saturated carbocycles. The summed E-state index contributed by atoms with van der Waals surface area (Å²) in [6.45, 7) is 6.15. The number of hydrogen-bond acceptors (Lipinski definition) is 4. The van der Waals surface area contributed by atoms with Crippen LogP contribution in [0.2, 0.25) is 0 Å². The van der Waals surface area contributed by atoms with Crippen LogP contribution in [0.4, 0.5) is 0 Å². The molecule has 0 atom stereocenters.